The monoisotopic (exact) mass is 922 g/mol. The Balaban J connectivity index is 0.000000225. The second-order valence-electron chi connectivity index (χ2n) is 10.7. The molecular weight excluding hydrogens is 890 g/mol. The van der Waals surface area contributed by atoms with Crippen LogP contribution >= 0.6 is 45.2 Å². The van der Waals surface area contributed by atoms with Gasteiger partial charge in [0.25, 0.3) is 11.8 Å². The van der Waals surface area contributed by atoms with Crippen molar-refractivity contribution < 1.29 is 46.7 Å². The molecule has 1 aliphatic carbocycles. The summed E-state index contributed by atoms with van der Waals surface area (Å²) in [5.41, 5.74) is 4.49. The zero-order valence-electron chi connectivity index (χ0n) is 26.4. The molecule has 16 heteroatoms. The summed E-state index contributed by atoms with van der Waals surface area (Å²) in [7, 11) is 0. The van der Waals surface area contributed by atoms with E-state index in [1.807, 2.05) is 52.1 Å². The summed E-state index contributed by atoms with van der Waals surface area (Å²) in [6, 6.07) is 16.1. The number of carbonyl (C=O) groups is 2. The van der Waals surface area contributed by atoms with Crippen LogP contribution in [0.25, 0.3) is 0 Å². The van der Waals surface area contributed by atoms with E-state index >= 15 is 0 Å². The van der Waals surface area contributed by atoms with E-state index in [-0.39, 0.29) is 47.1 Å². The lowest BCUT2D eigenvalue weighted by Crippen LogP contribution is -2.33. The molecular formula is C34H32F4I2N4O6. The highest BCUT2D eigenvalue weighted by Gasteiger charge is 2.45. The third kappa shape index (κ3) is 11.5. The van der Waals surface area contributed by atoms with Crippen molar-refractivity contribution in [1.29, 1.82) is 0 Å². The molecule has 0 aliphatic heterocycles. The van der Waals surface area contributed by atoms with Crippen LogP contribution in [-0.4, -0.2) is 48.9 Å². The van der Waals surface area contributed by atoms with Crippen molar-refractivity contribution in [2.24, 2.45) is 0 Å². The number of hydroxylamine groups is 2. The van der Waals surface area contributed by atoms with Crippen LogP contribution in [-0.2, 0) is 14.4 Å². The van der Waals surface area contributed by atoms with Crippen molar-refractivity contribution in [3.63, 3.8) is 0 Å². The smallest absolute Gasteiger partial charge is 0.276 e. The topological polar surface area (TPSA) is 130 Å². The van der Waals surface area contributed by atoms with Gasteiger partial charge in [0.15, 0.2) is 0 Å². The zero-order valence-corrected chi connectivity index (χ0v) is 30.7. The van der Waals surface area contributed by atoms with Gasteiger partial charge in [0, 0.05) is 13.7 Å². The summed E-state index contributed by atoms with van der Waals surface area (Å²) < 4.78 is 61.7. The molecule has 1 aliphatic rings. The number of nitrogens with one attached hydrogen (secondary N) is 4. The number of ether oxygens (including phenoxy) is 1. The number of carbonyl (C=O) groups excluding carboxylic acids is 2. The Kier molecular flexibility index (Phi) is 14.6. The second kappa shape index (κ2) is 18.6. The molecule has 1 saturated carbocycles. The van der Waals surface area contributed by atoms with Crippen molar-refractivity contribution in [2.75, 3.05) is 37.1 Å². The normalized spacial score (nSPS) is 12.7. The molecule has 1 fully saturated rings. The molecule has 0 bridgehead atoms. The van der Waals surface area contributed by atoms with Crippen LogP contribution in [0.5, 0.6) is 0 Å². The molecule has 4 aromatic carbocycles. The summed E-state index contributed by atoms with van der Waals surface area (Å²) in [5, 5.41) is 14.7. The fourth-order valence-corrected chi connectivity index (χ4v) is 5.07. The van der Waals surface area contributed by atoms with Gasteiger partial charge in [-0.1, -0.05) is 0 Å². The lowest BCUT2D eigenvalue weighted by Gasteiger charge is -2.16. The largest absolute Gasteiger partial charge is 0.393 e. The minimum absolute atomic E-state index is 0.0908. The van der Waals surface area contributed by atoms with E-state index < -0.39 is 40.7 Å². The van der Waals surface area contributed by atoms with Gasteiger partial charge in [-0.25, -0.2) is 28.5 Å². The third-order valence-corrected chi connectivity index (χ3v) is 8.35. The van der Waals surface area contributed by atoms with Crippen molar-refractivity contribution in [2.45, 2.75) is 25.4 Å². The van der Waals surface area contributed by atoms with Crippen LogP contribution in [0.4, 0.5) is 40.3 Å². The number of halogens is 6. The first-order valence-corrected chi connectivity index (χ1v) is 17.2. The van der Waals surface area contributed by atoms with Gasteiger partial charge in [0.2, 0.25) is 0 Å². The Morgan fingerprint density at radius 1 is 0.720 bits per heavy atom. The van der Waals surface area contributed by atoms with Gasteiger partial charge in [-0.05, 0) is 138 Å². The molecule has 5 N–H and O–H groups in total. The quantitative estimate of drug-likeness (QED) is 0.0381. The van der Waals surface area contributed by atoms with Crippen LogP contribution in [0.2, 0.25) is 0 Å². The van der Waals surface area contributed by atoms with Crippen LogP contribution < -0.4 is 21.6 Å². The van der Waals surface area contributed by atoms with Crippen LogP contribution in [0.3, 0.4) is 0 Å². The standard InChI is InChI=1S/C17H15F2IN2O3.C17H17F2IN2O3/c18-10-1-3-12(16(24)22-25-17(9-23)5-6-17)15(7-10)21-14-4-2-11(20)8-13(14)19;1-2-24-7-8-25-22-17(23)13-5-3-11(18)9-16(13)21-15-6-4-12(20)10-14(15)19/h1-4,7-8,21,23H,5-6,9H2,(H,22,24);3-6,9-10,21H,2,7-8H2,1H3,(H,22,23). The highest BCUT2D eigenvalue weighted by molar-refractivity contribution is 14.1. The molecule has 0 spiro atoms. The molecule has 10 nitrogen and oxygen atoms in total. The molecule has 0 atom stereocenters. The molecule has 0 heterocycles. The maximum atomic E-state index is 14.0. The number of benzene rings is 4. The van der Waals surface area contributed by atoms with Crippen molar-refractivity contribution in [3.05, 3.63) is 114 Å². The maximum absolute atomic E-state index is 14.0. The van der Waals surface area contributed by atoms with E-state index in [0.717, 1.165) is 27.8 Å². The van der Waals surface area contributed by atoms with Crippen molar-refractivity contribution in [1.82, 2.24) is 11.0 Å². The lowest BCUT2D eigenvalue weighted by atomic mass is 10.1. The van der Waals surface area contributed by atoms with Gasteiger partial charge in [0.1, 0.15) is 28.9 Å². The summed E-state index contributed by atoms with van der Waals surface area (Å²) in [4.78, 5) is 34.8. The fourth-order valence-electron chi connectivity index (χ4n) is 4.17. The molecule has 0 radical (unpaired) electrons. The van der Waals surface area contributed by atoms with Crippen LogP contribution in [0, 0.1) is 30.4 Å². The number of aliphatic hydroxyl groups excluding tert-OH is 1. The van der Waals surface area contributed by atoms with Crippen molar-refractivity contribution in [3.8, 4) is 0 Å². The van der Waals surface area contributed by atoms with E-state index in [4.69, 9.17) is 14.4 Å². The molecule has 2 amide bonds. The molecule has 266 valence electrons. The lowest BCUT2D eigenvalue weighted by molar-refractivity contribution is -0.0566. The number of anilines is 4. The van der Waals surface area contributed by atoms with Gasteiger partial charge in [0.05, 0.1) is 53.7 Å². The predicted molar refractivity (Wildman–Crippen MR) is 195 cm³/mol. The first-order valence-electron chi connectivity index (χ1n) is 15.1. The van der Waals surface area contributed by atoms with Gasteiger partial charge in [-0.3, -0.25) is 19.3 Å². The highest BCUT2D eigenvalue weighted by Crippen LogP contribution is 2.38. The molecule has 0 saturated heterocycles. The molecule has 50 heavy (non-hydrogen) atoms. The van der Waals surface area contributed by atoms with Gasteiger partial charge in [-0.2, -0.15) is 0 Å². The SMILES string of the molecule is CCOCCONC(=O)c1ccc(F)cc1Nc1ccc(I)cc1F.O=C(NOC1(CO)CC1)c1ccc(F)cc1Nc1ccc(I)cc1F. The highest BCUT2D eigenvalue weighted by atomic mass is 127. The number of rotatable bonds is 14. The van der Waals surface area contributed by atoms with E-state index in [9.17, 15) is 32.3 Å². The average molecular weight is 922 g/mol. The average Bonchev–Trinajstić information content (AvgIpc) is 3.87. The summed E-state index contributed by atoms with van der Waals surface area (Å²) >= 11 is 3.96. The predicted octanol–water partition coefficient (Wildman–Crippen LogP) is 7.51. The molecule has 5 rings (SSSR count). The van der Waals surface area contributed by atoms with Crippen LogP contribution in [0.1, 0.15) is 40.5 Å². The Hall–Kier alpha value is -3.56. The number of amides is 2. The van der Waals surface area contributed by atoms with E-state index in [1.165, 1.54) is 36.4 Å². The van der Waals surface area contributed by atoms with E-state index in [2.05, 4.69) is 21.6 Å². The Morgan fingerprint density at radius 3 is 1.66 bits per heavy atom. The number of hydrogen-bond acceptors (Lipinski definition) is 8. The van der Waals surface area contributed by atoms with Gasteiger partial charge < -0.3 is 20.5 Å². The minimum Gasteiger partial charge on any atom is -0.393 e. The zero-order chi connectivity index (χ0) is 36.3. The first kappa shape index (κ1) is 39.2. The molecule has 0 aromatic heterocycles. The molecule has 4 aromatic rings. The van der Waals surface area contributed by atoms with Crippen LogP contribution in [0.15, 0.2) is 72.8 Å². The summed E-state index contributed by atoms with van der Waals surface area (Å²) in [6.07, 6.45) is 1.29. The maximum Gasteiger partial charge on any atom is 0.276 e. The number of aliphatic hydroxyl groups is 1. The fraction of sp³-hybridized carbons (Fsp3) is 0.235. The summed E-state index contributed by atoms with van der Waals surface area (Å²) in [5.74, 6) is -3.34. The van der Waals surface area contributed by atoms with Gasteiger partial charge in [-0.15, -0.1) is 0 Å². The van der Waals surface area contributed by atoms with E-state index in [1.54, 1.807) is 12.1 Å². The van der Waals surface area contributed by atoms with Crippen molar-refractivity contribution >= 4 is 79.7 Å². The second-order valence-corrected chi connectivity index (χ2v) is 13.2. The Labute approximate surface area is 312 Å². The number of hydrogen-bond donors (Lipinski definition) is 5. The molecule has 0 unspecified atom stereocenters. The van der Waals surface area contributed by atoms with E-state index in [0.29, 0.717) is 29.6 Å². The Morgan fingerprint density at radius 2 is 1.22 bits per heavy atom. The van der Waals surface area contributed by atoms with Gasteiger partial charge >= 0.3 is 0 Å². The first-order chi connectivity index (χ1) is 23.9. The Bertz CT molecular complexity index is 1820. The third-order valence-electron chi connectivity index (χ3n) is 7.01. The minimum atomic E-state index is -0.731. The summed E-state index contributed by atoms with van der Waals surface area (Å²) in [6.45, 7) is 2.70.